The molecule has 0 aliphatic carbocycles. The Hall–Kier alpha value is -0.740. The highest BCUT2D eigenvalue weighted by molar-refractivity contribution is 5.05. The fraction of sp³-hybridized carbons (Fsp3) is 0.429. The molecule has 11 heavy (non-hydrogen) atoms. The van der Waals surface area contributed by atoms with Crippen LogP contribution in [0.1, 0.15) is 0 Å². The molecule has 0 spiro atoms. The van der Waals surface area contributed by atoms with Gasteiger partial charge in [-0.25, -0.2) is 8.78 Å². The smallest absolute Gasteiger partial charge is 0.258 e. The number of ether oxygens (including phenoxy) is 2. The SMILES string of the molecule is C=CC1(C=C)O[C@H](F)[C@@H](F)O1. The Kier molecular flexibility index (Phi) is 2.06. The van der Waals surface area contributed by atoms with E-state index in [0.29, 0.717) is 0 Å². The van der Waals surface area contributed by atoms with Gasteiger partial charge in [0.1, 0.15) is 0 Å². The van der Waals surface area contributed by atoms with E-state index in [0.717, 1.165) is 12.2 Å². The van der Waals surface area contributed by atoms with Gasteiger partial charge in [-0.05, 0) is 12.2 Å². The van der Waals surface area contributed by atoms with Crippen LogP contribution in [0.2, 0.25) is 0 Å². The summed E-state index contributed by atoms with van der Waals surface area (Å²) in [5, 5.41) is 0. The van der Waals surface area contributed by atoms with E-state index in [1.54, 1.807) is 0 Å². The van der Waals surface area contributed by atoms with Crippen molar-refractivity contribution in [3.63, 3.8) is 0 Å². The first-order valence-corrected chi connectivity index (χ1v) is 3.04. The Morgan fingerprint density at radius 2 is 1.45 bits per heavy atom. The van der Waals surface area contributed by atoms with Gasteiger partial charge in [0.05, 0.1) is 0 Å². The molecule has 1 heterocycles. The first-order chi connectivity index (χ1) is 5.13. The van der Waals surface area contributed by atoms with Crippen LogP contribution in [0.3, 0.4) is 0 Å². The van der Waals surface area contributed by atoms with Gasteiger partial charge < -0.3 is 9.47 Å². The third-order valence-corrected chi connectivity index (χ3v) is 1.37. The molecule has 0 bridgehead atoms. The summed E-state index contributed by atoms with van der Waals surface area (Å²) >= 11 is 0. The predicted octanol–water partition coefficient (Wildman–Crippen LogP) is 1.69. The Morgan fingerprint density at radius 3 is 1.64 bits per heavy atom. The molecule has 2 nitrogen and oxygen atoms in total. The quantitative estimate of drug-likeness (QED) is 0.575. The standard InChI is InChI=1S/C7H8F2O2/c1-3-7(4-2)10-5(8)6(9)11-7/h3-6H,1-2H2/t5-,6-/m0/s1. The largest absolute Gasteiger partial charge is 0.304 e. The van der Waals surface area contributed by atoms with Crippen molar-refractivity contribution in [3.05, 3.63) is 25.3 Å². The summed E-state index contributed by atoms with van der Waals surface area (Å²) in [5.74, 6) is -1.50. The summed E-state index contributed by atoms with van der Waals surface area (Å²) in [7, 11) is 0. The maximum atomic E-state index is 12.4. The Bertz CT molecular complexity index is 161. The highest BCUT2D eigenvalue weighted by atomic mass is 19.2. The average molecular weight is 162 g/mol. The van der Waals surface area contributed by atoms with Crippen LogP contribution in [-0.4, -0.2) is 18.5 Å². The molecule has 0 N–H and O–H groups in total. The van der Waals surface area contributed by atoms with Gasteiger partial charge in [-0.1, -0.05) is 13.2 Å². The lowest BCUT2D eigenvalue weighted by Gasteiger charge is -2.16. The van der Waals surface area contributed by atoms with Gasteiger partial charge in [-0.3, -0.25) is 0 Å². The molecule has 1 saturated heterocycles. The molecule has 1 aliphatic rings. The molecule has 0 aromatic heterocycles. The molecule has 1 rings (SSSR count). The van der Waals surface area contributed by atoms with Crippen molar-refractivity contribution < 1.29 is 18.3 Å². The minimum absolute atomic E-state index is 1.14. The van der Waals surface area contributed by atoms with Crippen LogP contribution in [0.25, 0.3) is 0 Å². The Labute approximate surface area is 63.1 Å². The zero-order valence-electron chi connectivity index (χ0n) is 5.80. The number of hydrogen-bond donors (Lipinski definition) is 0. The van der Waals surface area contributed by atoms with Gasteiger partial charge in [-0.2, -0.15) is 0 Å². The lowest BCUT2D eigenvalue weighted by molar-refractivity contribution is -0.120. The van der Waals surface area contributed by atoms with E-state index in [9.17, 15) is 8.78 Å². The van der Waals surface area contributed by atoms with Gasteiger partial charge in [0.2, 0.25) is 5.79 Å². The molecule has 1 aliphatic heterocycles. The maximum Gasteiger partial charge on any atom is 0.258 e. The molecular formula is C7H8F2O2. The van der Waals surface area contributed by atoms with Crippen LogP contribution in [0.15, 0.2) is 25.3 Å². The van der Waals surface area contributed by atoms with E-state index < -0.39 is 18.5 Å². The van der Waals surface area contributed by atoms with Gasteiger partial charge >= 0.3 is 0 Å². The number of alkyl halides is 2. The van der Waals surface area contributed by atoms with Crippen molar-refractivity contribution in [1.82, 2.24) is 0 Å². The summed E-state index contributed by atoms with van der Waals surface area (Å²) < 4.78 is 33.7. The lowest BCUT2D eigenvalue weighted by atomic mass is 10.3. The molecule has 0 aromatic carbocycles. The number of halogens is 2. The lowest BCUT2D eigenvalue weighted by Crippen LogP contribution is -2.24. The van der Waals surface area contributed by atoms with Crippen molar-refractivity contribution in [3.8, 4) is 0 Å². The summed E-state index contributed by atoms with van der Waals surface area (Å²) in [6, 6.07) is 0. The van der Waals surface area contributed by atoms with Crippen LogP contribution >= 0.6 is 0 Å². The van der Waals surface area contributed by atoms with Crippen LogP contribution in [0.4, 0.5) is 8.78 Å². The van der Waals surface area contributed by atoms with Crippen LogP contribution < -0.4 is 0 Å². The van der Waals surface area contributed by atoms with Crippen LogP contribution in [0.5, 0.6) is 0 Å². The zero-order valence-corrected chi connectivity index (χ0v) is 5.80. The van der Waals surface area contributed by atoms with E-state index >= 15 is 0 Å². The molecule has 0 aromatic rings. The van der Waals surface area contributed by atoms with Gasteiger partial charge in [0.25, 0.3) is 12.7 Å². The molecule has 0 radical (unpaired) electrons. The van der Waals surface area contributed by atoms with E-state index in [4.69, 9.17) is 0 Å². The highest BCUT2D eigenvalue weighted by Gasteiger charge is 2.44. The van der Waals surface area contributed by atoms with Crippen molar-refractivity contribution in [2.45, 2.75) is 18.5 Å². The normalized spacial score (nSPS) is 35.1. The minimum atomic E-state index is -2.06. The monoisotopic (exact) mass is 162 g/mol. The van der Waals surface area contributed by atoms with E-state index in [2.05, 4.69) is 22.6 Å². The fourth-order valence-electron chi connectivity index (χ4n) is 0.762. The predicted molar refractivity (Wildman–Crippen MR) is 35.1 cm³/mol. The molecular weight excluding hydrogens is 154 g/mol. The molecule has 0 amide bonds. The molecule has 1 fully saturated rings. The van der Waals surface area contributed by atoms with Gasteiger partial charge in [-0.15, -0.1) is 0 Å². The fourth-order valence-corrected chi connectivity index (χ4v) is 0.762. The molecule has 0 unspecified atom stereocenters. The summed E-state index contributed by atoms with van der Waals surface area (Å²) in [5.41, 5.74) is 0. The summed E-state index contributed by atoms with van der Waals surface area (Å²) in [6.45, 7) is 6.60. The van der Waals surface area contributed by atoms with Crippen molar-refractivity contribution in [1.29, 1.82) is 0 Å². The third kappa shape index (κ3) is 1.32. The highest BCUT2D eigenvalue weighted by Crippen LogP contribution is 2.31. The summed E-state index contributed by atoms with van der Waals surface area (Å²) in [6.07, 6.45) is -1.84. The van der Waals surface area contributed by atoms with Crippen LogP contribution in [0, 0.1) is 0 Å². The van der Waals surface area contributed by atoms with Crippen molar-refractivity contribution in [2.24, 2.45) is 0 Å². The number of rotatable bonds is 2. The average Bonchev–Trinajstić information content (AvgIpc) is 2.29. The van der Waals surface area contributed by atoms with E-state index in [1.165, 1.54) is 0 Å². The van der Waals surface area contributed by atoms with Crippen molar-refractivity contribution in [2.75, 3.05) is 0 Å². The Morgan fingerprint density at radius 1 is 1.09 bits per heavy atom. The minimum Gasteiger partial charge on any atom is -0.304 e. The second-order valence-electron chi connectivity index (χ2n) is 2.07. The van der Waals surface area contributed by atoms with E-state index in [1.807, 2.05) is 0 Å². The summed E-state index contributed by atoms with van der Waals surface area (Å²) in [4.78, 5) is 0. The van der Waals surface area contributed by atoms with E-state index in [-0.39, 0.29) is 0 Å². The topological polar surface area (TPSA) is 18.5 Å². The maximum absolute atomic E-state index is 12.4. The number of hydrogen-bond acceptors (Lipinski definition) is 2. The first kappa shape index (κ1) is 8.36. The zero-order chi connectivity index (χ0) is 8.48. The second kappa shape index (κ2) is 2.71. The molecule has 2 atom stereocenters. The second-order valence-corrected chi connectivity index (χ2v) is 2.07. The molecule has 0 saturated carbocycles. The van der Waals surface area contributed by atoms with Gasteiger partial charge in [0.15, 0.2) is 0 Å². The van der Waals surface area contributed by atoms with Gasteiger partial charge in [0, 0.05) is 0 Å². The van der Waals surface area contributed by atoms with Crippen molar-refractivity contribution >= 4 is 0 Å². The van der Waals surface area contributed by atoms with Crippen LogP contribution in [-0.2, 0) is 9.47 Å². The molecule has 4 heteroatoms. The first-order valence-electron chi connectivity index (χ1n) is 3.04. The molecule has 62 valence electrons. The Balaban J connectivity index is 2.76. The third-order valence-electron chi connectivity index (χ3n) is 1.37.